The molecule has 0 heterocycles. The first kappa shape index (κ1) is 21.9. The van der Waals surface area contributed by atoms with Crippen LogP contribution >= 0.6 is 0 Å². The molecule has 0 bridgehead atoms. The van der Waals surface area contributed by atoms with Gasteiger partial charge in [-0.25, -0.2) is 4.79 Å². The van der Waals surface area contributed by atoms with Crippen LogP contribution < -0.4 is 15.4 Å². The van der Waals surface area contributed by atoms with Crippen LogP contribution in [0.25, 0.3) is 0 Å². The average Bonchev–Trinajstić information content (AvgIpc) is 2.67. The summed E-state index contributed by atoms with van der Waals surface area (Å²) in [5.41, 5.74) is 1.31. The van der Waals surface area contributed by atoms with Crippen molar-refractivity contribution >= 4 is 23.7 Å². The minimum atomic E-state index is -0.795. The van der Waals surface area contributed by atoms with Gasteiger partial charge < -0.3 is 20.1 Å². The average molecular weight is 398 g/mol. The molecular weight excluding hydrogens is 372 g/mol. The monoisotopic (exact) mass is 398 g/mol. The van der Waals surface area contributed by atoms with Gasteiger partial charge in [0.15, 0.2) is 0 Å². The van der Waals surface area contributed by atoms with Crippen molar-refractivity contribution in [2.45, 2.75) is 34.2 Å². The van der Waals surface area contributed by atoms with Gasteiger partial charge in [0.1, 0.15) is 5.75 Å². The van der Waals surface area contributed by atoms with Crippen LogP contribution in [0.3, 0.4) is 0 Å². The molecule has 7 heteroatoms. The van der Waals surface area contributed by atoms with Gasteiger partial charge in [-0.15, -0.1) is 0 Å². The lowest BCUT2D eigenvalue weighted by atomic mass is 9.95. The Balaban J connectivity index is 2.03. The molecule has 0 saturated carbocycles. The van der Waals surface area contributed by atoms with E-state index in [1.807, 2.05) is 32.9 Å². The van der Waals surface area contributed by atoms with E-state index in [9.17, 15) is 14.4 Å². The summed E-state index contributed by atoms with van der Waals surface area (Å²) in [5, 5.41) is 5.72. The number of carbonyl (C=O) groups is 3. The number of hydrogen-bond acceptors (Lipinski definition) is 5. The van der Waals surface area contributed by atoms with Gasteiger partial charge in [0.2, 0.25) is 5.91 Å². The Kier molecular flexibility index (Phi) is 7.36. The molecule has 2 amide bonds. The molecule has 0 aliphatic heterocycles. The number of para-hydroxylation sites is 1. The predicted octanol–water partition coefficient (Wildman–Crippen LogP) is 4.14. The first-order valence-corrected chi connectivity index (χ1v) is 9.33. The Labute approximate surface area is 170 Å². The third kappa shape index (κ3) is 6.64. The molecule has 0 saturated heterocycles. The van der Waals surface area contributed by atoms with Crippen molar-refractivity contribution in [2.24, 2.45) is 5.41 Å². The summed E-state index contributed by atoms with van der Waals surface area (Å²) < 4.78 is 9.68. The predicted molar refractivity (Wildman–Crippen MR) is 110 cm³/mol. The first-order valence-electron chi connectivity index (χ1n) is 9.33. The van der Waals surface area contributed by atoms with Crippen LogP contribution in [0.1, 0.15) is 43.6 Å². The maximum atomic E-state index is 12.6. The van der Waals surface area contributed by atoms with Gasteiger partial charge in [-0.1, -0.05) is 39.0 Å². The molecule has 7 nitrogen and oxygen atoms in total. The molecule has 0 aromatic heterocycles. The van der Waals surface area contributed by atoms with Crippen molar-refractivity contribution in [1.82, 2.24) is 5.32 Å². The SMILES string of the molecule is CCOC(=O)Oc1ccc(C(=O)Nc2ccccc2CNC(=O)C(C)(C)C)cc1. The summed E-state index contributed by atoms with van der Waals surface area (Å²) in [6.45, 7) is 7.72. The molecule has 29 heavy (non-hydrogen) atoms. The van der Waals surface area contributed by atoms with Crippen LogP contribution in [0.4, 0.5) is 10.5 Å². The van der Waals surface area contributed by atoms with E-state index in [1.165, 1.54) is 12.1 Å². The molecule has 154 valence electrons. The summed E-state index contributed by atoms with van der Waals surface area (Å²) in [6, 6.07) is 13.4. The third-order valence-electron chi connectivity index (χ3n) is 3.97. The fraction of sp³-hybridized carbons (Fsp3) is 0.318. The van der Waals surface area contributed by atoms with Crippen LogP contribution in [0.2, 0.25) is 0 Å². The normalized spacial score (nSPS) is 10.8. The number of hydrogen-bond donors (Lipinski definition) is 2. The maximum absolute atomic E-state index is 12.6. The number of nitrogens with one attached hydrogen (secondary N) is 2. The number of benzene rings is 2. The molecule has 0 unspecified atom stereocenters. The van der Waals surface area contributed by atoms with Crippen molar-refractivity contribution in [1.29, 1.82) is 0 Å². The largest absolute Gasteiger partial charge is 0.513 e. The maximum Gasteiger partial charge on any atom is 0.513 e. The van der Waals surface area contributed by atoms with Gasteiger partial charge in [0, 0.05) is 23.2 Å². The number of ether oxygens (including phenoxy) is 2. The summed E-state index contributed by atoms with van der Waals surface area (Å²) in [5.74, 6) is -0.108. The standard InChI is InChI=1S/C22H26N2O5/c1-5-28-21(27)29-17-12-10-15(11-13-17)19(25)24-18-9-7-6-8-16(18)14-23-20(26)22(2,3)4/h6-13H,5,14H2,1-4H3,(H,23,26)(H,24,25). The smallest absolute Gasteiger partial charge is 0.434 e. The van der Waals surface area contributed by atoms with E-state index < -0.39 is 11.6 Å². The van der Waals surface area contributed by atoms with Crippen LogP contribution in [0.5, 0.6) is 5.75 Å². The summed E-state index contributed by atoms with van der Waals surface area (Å²) >= 11 is 0. The summed E-state index contributed by atoms with van der Waals surface area (Å²) in [7, 11) is 0. The summed E-state index contributed by atoms with van der Waals surface area (Å²) in [4.78, 5) is 36.0. The number of amides is 2. The Hall–Kier alpha value is -3.35. The molecule has 0 fully saturated rings. The number of rotatable bonds is 6. The van der Waals surface area contributed by atoms with Crippen molar-refractivity contribution < 1.29 is 23.9 Å². The molecule has 0 aliphatic carbocycles. The zero-order valence-electron chi connectivity index (χ0n) is 17.1. The quantitative estimate of drug-likeness (QED) is 0.563. The molecule has 0 radical (unpaired) electrons. The highest BCUT2D eigenvalue weighted by Gasteiger charge is 2.21. The van der Waals surface area contributed by atoms with Crippen molar-refractivity contribution in [3.8, 4) is 5.75 Å². The molecule has 0 atom stereocenters. The van der Waals surface area contributed by atoms with Crippen LogP contribution in [0, 0.1) is 5.41 Å². The minimum absolute atomic E-state index is 0.0733. The Bertz CT molecular complexity index is 870. The third-order valence-corrected chi connectivity index (χ3v) is 3.97. The lowest BCUT2D eigenvalue weighted by Gasteiger charge is -2.18. The van der Waals surface area contributed by atoms with Crippen LogP contribution in [0.15, 0.2) is 48.5 Å². The van der Waals surface area contributed by atoms with E-state index in [0.717, 1.165) is 5.56 Å². The highest BCUT2D eigenvalue weighted by atomic mass is 16.7. The van der Waals surface area contributed by atoms with Gasteiger partial charge >= 0.3 is 6.16 Å². The van der Waals surface area contributed by atoms with E-state index in [4.69, 9.17) is 9.47 Å². The van der Waals surface area contributed by atoms with Gasteiger partial charge in [0.25, 0.3) is 5.91 Å². The molecule has 2 aromatic rings. The van der Waals surface area contributed by atoms with Gasteiger partial charge in [0.05, 0.1) is 6.61 Å². The Morgan fingerprint density at radius 1 is 0.966 bits per heavy atom. The zero-order valence-corrected chi connectivity index (χ0v) is 17.1. The van der Waals surface area contributed by atoms with E-state index >= 15 is 0 Å². The van der Waals surface area contributed by atoms with Gasteiger partial charge in [-0.2, -0.15) is 0 Å². The van der Waals surface area contributed by atoms with Crippen molar-refractivity contribution in [3.05, 3.63) is 59.7 Å². The molecule has 2 aromatic carbocycles. The fourth-order valence-electron chi connectivity index (χ4n) is 2.35. The number of anilines is 1. The van der Waals surface area contributed by atoms with Crippen LogP contribution in [-0.4, -0.2) is 24.6 Å². The lowest BCUT2D eigenvalue weighted by Crippen LogP contribution is -2.34. The van der Waals surface area contributed by atoms with E-state index in [-0.39, 0.29) is 24.2 Å². The van der Waals surface area contributed by atoms with Crippen molar-refractivity contribution in [3.63, 3.8) is 0 Å². The minimum Gasteiger partial charge on any atom is -0.434 e. The lowest BCUT2D eigenvalue weighted by molar-refractivity contribution is -0.128. The van der Waals surface area contributed by atoms with E-state index in [1.54, 1.807) is 31.2 Å². The van der Waals surface area contributed by atoms with Crippen LogP contribution in [-0.2, 0) is 16.1 Å². The topological polar surface area (TPSA) is 93.7 Å². The van der Waals surface area contributed by atoms with Crippen molar-refractivity contribution in [2.75, 3.05) is 11.9 Å². The Morgan fingerprint density at radius 2 is 1.62 bits per heavy atom. The molecule has 0 aliphatic rings. The highest BCUT2D eigenvalue weighted by molar-refractivity contribution is 6.04. The highest BCUT2D eigenvalue weighted by Crippen LogP contribution is 2.19. The molecule has 0 spiro atoms. The second-order valence-corrected chi connectivity index (χ2v) is 7.35. The molecular formula is C22H26N2O5. The number of carbonyl (C=O) groups excluding carboxylic acids is 3. The zero-order chi connectivity index (χ0) is 21.4. The van der Waals surface area contributed by atoms with Gasteiger partial charge in [-0.3, -0.25) is 9.59 Å². The second kappa shape index (κ2) is 9.73. The van der Waals surface area contributed by atoms with E-state index in [2.05, 4.69) is 10.6 Å². The first-order chi connectivity index (χ1) is 13.7. The molecule has 2 rings (SSSR count). The Morgan fingerprint density at radius 3 is 2.24 bits per heavy atom. The van der Waals surface area contributed by atoms with Gasteiger partial charge in [-0.05, 0) is 42.8 Å². The fourth-order valence-corrected chi connectivity index (χ4v) is 2.35. The summed E-state index contributed by atoms with van der Waals surface area (Å²) in [6.07, 6.45) is -0.795. The van der Waals surface area contributed by atoms with E-state index in [0.29, 0.717) is 17.8 Å². The molecule has 2 N–H and O–H groups in total. The second-order valence-electron chi connectivity index (χ2n) is 7.35.